The second-order valence-electron chi connectivity index (χ2n) is 7.18. The van der Waals surface area contributed by atoms with Gasteiger partial charge in [-0.3, -0.25) is 9.59 Å². The molecule has 0 bridgehead atoms. The number of ether oxygens (including phenoxy) is 1. The summed E-state index contributed by atoms with van der Waals surface area (Å²) in [6.45, 7) is 1.08. The lowest BCUT2D eigenvalue weighted by Gasteiger charge is -2.42. The average molecular weight is 331 g/mol. The lowest BCUT2D eigenvalue weighted by atomic mass is 9.64. The molecular weight excluding hydrogens is 306 g/mol. The molecule has 0 unspecified atom stereocenters. The Labute approximate surface area is 142 Å². The summed E-state index contributed by atoms with van der Waals surface area (Å²) in [4.78, 5) is 24.5. The van der Waals surface area contributed by atoms with Gasteiger partial charge in [0.15, 0.2) is 0 Å². The summed E-state index contributed by atoms with van der Waals surface area (Å²) in [5.41, 5.74) is -0.0935. The zero-order valence-corrected chi connectivity index (χ0v) is 13.9. The van der Waals surface area contributed by atoms with Crippen LogP contribution in [0.15, 0.2) is 30.3 Å². The van der Waals surface area contributed by atoms with Crippen LogP contribution in [0.3, 0.4) is 0 Å². The number of rotatable bonds is 6. The Kier molecular flexibility index (Phi) is 4.90. The summed E-state index contributed by atoms with van der Waals surface area (Å²) in [6, 6.07) is 10.0. The third-order valence-electron chi connectivity index (χ3n) is 5.67. The first-order chi connectivity index (χ1) is 11.6. The van der Waals surface area contributed by atoms with Gasteiger partial charge in [0.1, 0.15) is 0 Å². The highest BCUT2D eigenvalue weighted by Gasteiger charge is 2.46. The van der Waals surface area contributed by atoms with Crippen molar-refractivity contribution in [3.8, 4) is 0 Å². The van der Waals surface area contributed by atoms with E-state index in [1.54, 1.807) is 0 Å². The molecule has 0 atom stereocenters. The van der Waals surface area contributed by atoms with E-state index in [4.69, 9.17) is 4.74 Å². The summed E-state index contributed by atoms with van der Waals surface area (Å²) in [5, 5.41) is 12.6. The Morgan fingerprint density at radius 3 is 2.25 bits per heavy atom. The highest BCUT2D eigenvalue weighted by atomic mass is 16.5. The number of carboxylic acid groups (broad SMARTS) is 1. The fourth-order valence-corrected chi connectivity index (χ4v) is 3.74. The second-order valence-corrected chi connectivity index (χ2v) is 7.18. The number of hydrogen-bond donors (Lipinski definition) is 2. The number of carboxylic acids is 1. The van der Waals surface area contributed by atoms with Crippen molar-refractivity contribution in [2.24, 2.45) is 10.8 Å². The highest BCUT2D eigenvalue weighted by Crippen LogP contribution is 2.44. The van der Waals surface area contributed by atoms with Crippen LogP contribution in [0.2, 0.25) is 0 Å². The Balaban J connectivity index is 1.65. The van der Waals surface area contributed by atoms with Gasteiger partial charge in [-0.25, -0.2) is 0 Å². The minimum absolute atomic E-state index is 0.00437. The lowest BCUT2D eigenvalue weighted by molar-refractivity contribution is -0.155. The van der Waals surface area contributed by atoms with Gasteiger partial charge in [-0.2, -0.15) is 0 Å². The second kappa shape index (κ2) is 6.93. The summed E-state index contributed by atoms with van der Waals surface area (Å²) in [5.74, 6) is -0.832. The number of carbonyl (C=O) groups is 2. The molecular formula is C19H25NO4. The average Bonchev–Trinajstić information content (AvgIpc) is 2.57. The highest BCUT2D eigenvalue weighted by molar-refractivity contribution is 5.85. The Morgan fingerprint density at radius 2 is 1.71 bits per heavy atom. The van der Waals surface area contributed by atoms with Crippen molar-refractivity contribution in [1.29, 1.82) is 0 Å². The molecule has 3 rings (SSSR count). The predicted molar refractivity (Wildman–Crippen MR) is 89.6 cm³/mol. The molecule has 1 heterocycles. The maximum atomic E-state index is 12.8. The van der Waals surface area contributed by atoms with E-state index in [-0.39, 0.29) is 17.9 Å². The van der Waals surface area contributed by atoms with Gasteiger partial charge in [0.2, 0.25) is 5.91 Å². The third kappa shape index (κ3) is 3.31. The van der Waals surface area contributed by atoms with E-state index >= 15 is 0 Å². The van der Waals surface area contributed by atoms with Crippen LogP contribution in [-0.4, -0.2) is 36.7 Å². The first-order valence-corrected chi connectivity index (χ1v) is 8.70. The lowest BCUT2D eigenvalue weighted by Crippen LogP contribution is -2.52. The molecule has 24 heavy (non-hydrogen) atoms. The largest absolute Gasteiger partial charge is 0.481 e. The quantitative estimate of drug-likeness (QED) is 0.839. The number of carbonyl (C=O) groups excluding carboxylic acids is 1. The van der Waals surface area contributed by atoms with E-state index < -0.39 is 11.4 Å². The summed E-state index contributed by atoms with van der Waals surface area (Å²) < 4.78 is 5.28. The Bertz CT molecular complexity index is 589. The van der Waals surface area contributed by atoms with E-state index in [1.807, 2.05) is 30.3 Å². The number of amides is 1. The van der Waals surface area contributed by atoms with Crippen molar-refractivity contribution in [2.75, 3.05) is 19.8 Å². The van der Waals surface area contributed by atoms with E-state index in [0.29, 0.717) is 26.1 Å². The van der Waals surface area contributed by atoms with Gasteiger partial charge in [0, 0.05) is 19.8 Å². The molecule has 2 aliphatic rings. The van der Waals surface area contributed by atoms with Gasteiger partial charge in [-0.15, -0.1) is 0 Å². The van der Waals surface area contributed by atoms with Crippen molar-refractivity contribution in [1.82, 2.24) is 5.32 Å². The van der Waals surface area contributed by atoms with Gasteiger partial charge in [-0.1, -0.05) is 36.8 Å². The standard InChI is InChI=1S/C19H25NO4/c21-16(20-14-19(17(22)23)9-11-24-12-10-19)18(7-4-8-18)13-15-5-2-1-3-6-15/h1-3,5-6H,4,7-14H2,(H,20,21)(H,22,23). The molecule has 5 heteroatoms. The molecule has 0 aromatic heterocycles. The van der Waals surface area contributed by atoms with Gasteiger partial charge >= 0.3 is 5.97 Å². The van der Waals surface area contributed by atoms with Crippen LogP contribution in [-0.2, 0) is 20.7 Å². The van der Waals surface area contributed by atoms with Crippen LogP contribution in [0.5, 0.6) is 0 Å². The minimum Gasteiger partial charge on any atom is -0.481 e. The molecule has 2 fully saturated rings. The number of hydrogen-bond acceptors (Lipinski definition) is 3. The van der Waals surface area contributed by atoms with Crippen LogP contribution < -0.4 is 5.32 Å². The van der Waals surface area contributed by atoms with Crippen molar-refractivity contribution in [3.63, 3.8) is 0 Å². The molecule has 1 aliphatic carbocycles. The molecule has 0 radical (unpaired) electrons. The van der Waals surface area contributed by atoms with E-state index in [1.165, 1.54) is 0 Å². The van der Waals surface area contributed by atoms with Crippen molar-refractivity contribution in [3.05, 3.63) is 35.9 Å². The molecule has 2 N–H and O–H groups in total. The Hall–Kier alpha value is -1.88. The topological polar surface area (TPSA) is 75.6 Å². The fraction of sp³-hybridized carbons (Fsp3) is 0.579. The maximum absolute atomic E-state index is 12.8. The van der Waals surface area contributed by atoms with Crippen LogP contribution in [0.25, 0.3) is 0 Å². The molecule has 1 saturated carbocycles. The van der Waals surface area contributed by atoms with E-state index in [2.05, 4.69) is 5.32 Å². The zero-order chi connectivity index (χ0) is 17.0. The molecule has 0 spiro atoms. The normalized spacial score (nSPS) is 21.5. The van der Waals surface area contributed by atoms with Crippen molar-refractivity contribution >= 4 is 11.9 Å². The summed E-state index contributed by atoms with van der Waals surface area (Å²) in [6.07, 6.45) is 4.43. The fourth-order valence-electron chi connectivity index (χ4n) is 3.74. The first-order valence-electron chi connectivity index (χ1n) is 8.70. The van der Waals surface area contributed by atoms with E-state index in [0.717, 1.165) is 31.2 Å². The van der Waals surface area contributed by atoms with Crippen LogP contribution >= 0.6 is 0 Å². The first kappa shape index (κ1) is 17.0. The summed E-state index contributed by atoms with van der Waals surface area (Å²) >= 11 is 0. The van der Waals surface area contributed by atoms with E-state index in [9.17, 15) is 14.7 Å². The molecule has 1 aromatic carbocycles. The molecule has 1 amide bonds. The van der Waals surface area contributed by atoms with Gasteiger partial charge < -0.3 is 15.2 Å². The molecule has 130 valence electrons. The van der Waals surface area contributed by atoms with Crippen LogP contribution in [0, 0.1) is 10.8 Å². The third-order valence-corrected chi connectivity index (χ3v) is 5.67. The van der Waals surface area contributed by atoms with Gasteiger partial charge in [0.05, 0.1) is 10.8 Å². The molecule has 5 nitrogen and oxygen atoms in total. The molecule has 1 saturated heterocycles. The van der Waals surface area contributed by atoms with Gasteiger partial charge in [0.25, 0.3) is 0 Å². The predicted octanol–water partition coefficient (Wildman–Crippen LogP) is 2.40. The monoisotopic (exact) mass is 331 g/mol. The smallest absolute Gasteiger partial charge is 0.311 e. The molecule has 1 aliphatic heterocycles. The van der Waals surface area contributed by atoms with Crippen molar-refractivity contribution < 1.29 is 19.4 Å². The maximum Gasteiger partial charge on any atom is 0.311 e. The number of benzene rings is 1. The SMILES string of the molecule is O=C(O)C1(CNC(=O)C2(Cc3ccccc3)CCC2)CCOCC1. The number of aliphatic carboxylic acids is 1. The van der Waals surface area contributed by atoms with Crippen LogP contribution in [0.4, 0.5) is 0 Å². The summed E-state index contributed by atoms with van der Waals surface area (Å²) in [7, 11) is 0. The Morgan fingerprint density at radius 1 is 1.04 bits per heavy atom. The van der Waals surface area contributed by atoms with Gasteiger partial charge in [-0.05, 0) is 37.7 Å². The zero-order valence-electron chi connectivity index (χ0n) is 13.9. The van der Waals surface area contributed by atoms with Crippen LogP contribution in [0.1, 0.15) is 37.7 Å². The number of nitrogens with one attached hydrogen (secondary N) is 1. The molecule has 1 aromatic rings. The minimum atomic E-state index is -0.883. The van der Waals surface area contributed by atoms with Crippen molar-refractivity contribution in [2.45, 2.75) is 38.5 Å².